The molecule has 2 amide bonds. The Bertz CT molecular complexity index is 483. The van der Waals surface area contributed by atoms with Crippen molar-refractivity contribution in [2.75, 3.05) is 6.54 Å². The second-order valence-corrected chi connectivity index (χ2v) is 7.01. The van der Waals surface area contributed by atoms with E-state index < -0.39 is 0 Å². The number of carbonyl (C=O) groups is 1. The lowest BCUT2D eigenvalue weighted by atomic mass is 9.78. The maximum absolute atomic E-state index is 12.7. The van der Waals surface area contributed by atoms with Gasteiger partial charge in [0.25, 0.3) is 0 Å². The van der Waals surface area contributed by atoms with Crippen molar-refractivity contribution in [3.8, 4) is 0 Å². The van der Waals surface area contributed by atoms with Crippen LogP contribution >= 0.6 is 0 Å². The summed E-state index contributed by atoms with van der Waals surface area (Å²) in [5.41, 5.74) is 1.17. The number of benzene rings is 1. The molecule has 2 atom stereocenters. The molecule has 0 spiro atoms. The number of nitrogens with zero attached hydrogens (tertiary/aromatic N) is 1. The van der Waals surface area contributed by atoms with Crippen molar-refractivity contribution in [2.45, 2.75) is 70.9 Å². The topological polar surface area (TPSA) is 32.3 Å². The summed E-state index contributed by atoms with van der Waals surface area (Å²) in [7, 11) is 0. The van der Waals surface area contributed by atoms with Gasteiger partial charge in [-0.05, 0) is 38.2 Å². The van der Waals surface area contributed by atoms with E-state index in [0.717, 1.165) is 25.8 Å². The molecule has 1 N–H and O–H groups in total. The molecule has 22 heavy (non-hydrogen) atoms. The molecule has 0 aliphatic carbocycles. The van der Waals surface area contributed by atoms with Gasteiger partial charge in [-0.25, -0.2) is 4.79 Å². The molecular formula is C19H30N2O. The van der Waals surface area contributed by atoms with Crippen molar-refractivity contribution in [1.82, 2.24) is 10.2 Å². The van der Waals surface area contributed by atoms with Crippen LogP contribution in [0, 0.1) is 0 Å². The first-order chi connectivity index (χ1) is 10.5. The fourth-order valence-corrected chi connectivity index (χ4v) is 3.26. The van der Waals surface area contributed by atoms with E-state index in [4.69, 9.17) is 0 Å². The van der Waals surface area contributed by atoms with Crippen LogP contribution in [0.1, 0.15) is 58.9 Å². The van der Waals surface area contributed by atoms with Gasteiger partial charge in [-0.15, -0.1) is 0 Å². The van der Waals surface area contributed by atoms with Crippen LogP contribution in [0.15, 0.2) is 30.3 Å². The van der Waals surface area contributed by atoms with Gasteiger partial charge in [0.05, 0.1) is 0 Å². The summed E-state index contributed by atoms with van der Waals surface area (Å²) in [6, 6.07) is 11.0. The Labute approximate surface area is 135 Å². The van der Waals surface area contributed by atoms with Crippen LogP contribution in [-0.4, -0.2) is 29.6 Å². The van der Waals surface area contributed by atoms with Crippen molar-refractivity contribution in [3.63, 3.8) is 0 Å². The highest BCUT2D eigenvalue weighted by Crippen LogP contribution is 2.27. The molecule has 1 aliphatic rings. The van der Waals surface area contributed by atoms with E-state index in [0.29, 0.717) is 6.04 Å². The van der Waals surface area contributed by atoms with Crippen LogP contribution in [0.2, 0.25) is 0 Å². The Morgan fingerprint density at radius 1 is 1.32 bits per heavy atom. The first-order valence-corrected chi connectivity index (χ1v) is 8.59. The van der Waals surface area contributed by atoms with Crippen LogP contribution < -0.4 is 5.32 Å². The molecule has 1 aromatic rings. The highest BCUT2D eigenvalue weighted by molar-refractivity contribution is 5.75. The summed E-state index contributed by atoms with van der Waals surface area (Å²) >= 11 is 0. The monoisotopic (exact) mass is 302 g/mol. The minimum Gasteiger partial charge on any atom is -0.335 e. The number of hydrogen-bond donors (Lipinski definition) is 1. The van der Waals surface area contributed by atoms with Gasteiger partial charge in [0.1, 0.15) is 0 Å². The minimum atomic E-state index is -0.0889. The molecule has 1 aromatic carbocycles. The second-order valence-electron chi connectivity index (χ2n) is 7.01. The molecule has 3 nitrogen and oxygen atoms in total. The molecule has 3 heteroatoms. The van der Waals surface area contributed by atoms with Crippen LogP contribution in [0.25, 0.3) is 0 Å². The number of nitrogens with one attached hydrogen (secondary N) is 1. The Balaban J connectivity index is 2.04. The Hall–Kier alpha value is -1.51. The van der Waals surface area contributed by atoms with Crippen LogP contribution in [-0.2, 0) is 5.41 Å². The van der Waals surface area contributed by atoms with E-state index in [9.17, 15) is 4.79 Å². The zero-order valence-electron chi connectivity index (χ0n) is 14.4. The smallest absolute Gasteiger partial charge is 0.317 e. The van der Waals surface area contributed by atoms with E-state index >= 15 is 0 Å². The number of amides is 2. The Morgan fingerprint density at radius 3 is 2.64 bits per heavy atom. The summed E-state index contributed by atoms with van der Waals surface area (Å²) in [6.45, 7) is 9.56. The summed E-state index contributed by atoms with van der Waals surface area (Å²) in [5, 5.41) is 3.24. The molecule has 0 aromatic heterocycles. The first kappa shape index (κ1) is 16.9. The van der Waals surface area contributed by atoms with Gasteiger partial charge in [-0.3, -0.25) is 0 Å². The average molecular weight is 302 g/mol. The number of piperidine rings is 1. The first-order valence-electron chi connectivity index (χ1n) is 8.59. The van der Waals surface area contributed by atoms with Gasteiger partial charge in [-0.1, -0.05) is 51.1 Å². The molecule has 0 radical (unpaired) electrons. The standard InChI is InChI=1S/C19H30N2O/c1-5-17-13-9-10-14-21(17)18(22)20-15(2)19(3,4)16-11-7-6-8-12-16/h6-8,11-12,15,17H,5,9-10,13-14H2,1-4H3,(H,20,22). The van der Waals surface area contributed by atoms with E-state index in [-0.39, 0.29) is 17.5 Å². The summed E-state index contributed by atoms with van der Waals surface area (Å²) in [4.78, 5) is 14.7. The number of urea groups is 1. The molecule has 1 heterocycles. The molecule has 1 saturated heterocycles. The van der Waals surface area contributed by atoms with Gasteiger partial charge in [0.2, 0.25) is 0 Å². The number of hydrogen-bond acceptors (Lipinski definition) is 1. The fraction of sp³-hybridized carbons (Fsp3) is 0.632. The second kappa shape index (κ2) is 7.17. The number of carbonyl (C=O) groups excluding carboxylic acids is 1. The molecule has 2 rings (SSSR count). The van der Waals surface area contributed by atoms with Crippen LogP contribution in [0.5, 0.6) is 0 Å². The molecule has 0 saturated carbocycles. The Morgan fingerprint density at radius 2 is 2.00 bits per heavy atom. The van der Waals surface area contributed by atoms with Crippen LogP contribution in [0.3, 0.4) is 0 Å². The van der Waals surface area contributed by atoms with Gasteiger partial charge in [0, 0.05) is 24.0 Å². The van der Waals surface area contributed by atoms with Crippen molar-refractivity contribution < 1.29 is 4.79 Å². The maximum Gasteiger partial charge on any atom is 0.317 e. The van der Waals surface area contributed by atoms with Crippen molar-refractivity contribution in [2.24, 2.45) is 0 Å². The van der Waals surface area contributed by atoms with Crippen molar-refractivity contribution >= 4 is 6.03 Å². The third-order valence-electron chi connectivity index (χ3n) is 5.30. The number of rotatable bonds is 4. The summed E-state index contributed by atoms with van der Waals surface area (Å²) < 4.78 is 0. The molecule has 1 aliphatic heterocycles. The summed E-state index contributed by atoms with van der Waals surface area (Å²) in [5.74, 6) is 0. The lowest BCUT2D eigenvalue weighted by Gasteiger charge is -2.39. The normalized spacial score (nSPS) is 20.5. The molecule has 122 valence electrons. The van der Waals surface area contributed by atoms with E-state index in [1.54, 1.807) is 0 Å². The van der Waals surface area contributed by atoms with E-state index in [2.05, 4.69) is 57.3 Å². The third-order valence-corrected chi connectivity index (χ3v) is 5.30. The van der Waals surface area contributed by atoms with Crippen molar-refractivity contribution in [3.05, 3.63) is 35.9 Å². The maximum atomic E-state index is 12.7. The largest absolute Gasteiger partial charge is 0.335 e. The van der Waals surface area contributed by atoms with Crippen molar-refractivity contribution in [1.29, 1.82) is 0 Å². The quantitative estimate of drug-likeness (QED) is 0.882. The number of likely N-dealkylation sites (tertiary alicyclic amines) is 1. The predicted octanol–water partition coefficient (Wildman–Crippen LogP) is 4.33. The van der Waals surface area contributed by atoms with Gasteiger partial charge >= 0.3 is 6.03 Å². The molecule has 1 fully saturated rings. The lowest BCUT2D eigenvalue weighted by molar-refractivity contribution is 0.142. The fourth-order valence-electron chi connectivity index (χ4n) is 3.26. The van der Waals surface area contributed by atoms with Crippen LogP contribution in [0.4, 0.5) is 4.79 Å². The SMILES string of the molecule is CCC1CCCCN1C(=O)NC(C)C(C)(C)c1ccccc1. The zero-order valence-corrected chi connectivity index (χ0v) is 14.4. The van der Waals surface area contributed by atoms with E-state index in [1.165, 1.54) is 12.0 Å². The molecular weight excluding hydrogens is 272 g/mol. The van der Waals surface area contributed by atoms with E-state index in [1.807, 2.05) is 11.0 Å². The summed E-state index contributed by atoms with van der Waals surface area (Å²) in [6.07, 6.45) is 4.55. The molecule has 0 bridgehead atoms. The minimum absolute atomic E-state index is 0.0850. The zero-order chi connectivity index (χ0) is 16.2. The highest BCUT2D eigenvalue weighted by atomic mass is 16.2. The highest BCUT2D eigenvalue weighted by Gasteiger charge is 2.32. The predicted molar refractivity (Wildman–Crippen MR) is 92.1 cm³/mol. The Kier molecular flexibility index (Phi) is 5.49. The lowest BCUT2D eigenvalue weighted by Crippen LogP contribution is -2.54. The van der Waals surface area contributed by atoms with Gasteiger partial charge in [0.15, 0.2) is 0 Å². The van der Waals surface area contributed by atoms with Gasteiger partial charge < -0.3 is 10.2 Å². The van der Waals surface area contributed by atoms with Gasteiger partial charge in [-0.2, -0.15) is 0 Å². The average Bonchev–Trinajstić information content (AvgIpc) is 2.55. The third kappa shape index (κ3) is 3.63. The molecule has 2 unspecified atom stereocenters.